The van der Waals surface area contributed by atoms with E-state index in [9.17, 15) is 24.0 Å². The Bertz CT molecular complexity index is 1000. The van der Waals surface area contributed by atoms with Crippen LogP contribution in [0.5, 0.6) is 0 Å². The summed E-state index contributed by atoms with van der Waals surface area (Å²) < 4.78 is 5.38. The van der Waals surface area contributed by atoms with Crippen molar-refractivity contribution in [2.45, 2.75) is 91.5 Å². The van der Waals surface area contributed by atoms with Gasteiger partial charge in [0, 0.05) is 13.1 Å². The quantitative estimate of drug-likeness (QED) is 0.332. The lowest BCUT2D eigenvalue weighted by Crippen LogP contribution is -2.61. The molecular weight excluding hydrogens is 476 g/mol. The van der Waals surface area contributed by atoms with E-state index in [0.29, 0.717) is 19.4 Å². The van der Waals surface area contributed by atoms with Gasteiger partial charge in [0.25, 0.3) is 5.91 Å². The first-order chi connectivity index (χ1) is 16.9. The fourth-order valence-corrected chi connectivity index (χ4v) is 5.36. The van der Waals surface area contributed by atoms with Crippen LogP contribution >= 0.6 is 0 Å². The largest absolute Gasteiger partial charge is 0.444 e. The van der Waals surface area contributed by atoms with Crippen LogP contribution in [0.3, 0.4) is 0 Å². The van der Waals surface area contributed by atoms with Gasteiger partial charge in [-0.05, 0) is 56.3 Å². The zero-order valence-electron chi connectivity index (χ0n) is 23.3. The van der Waals surface area contributed by atoms with Crippen LogP contribution in [-0.4, -0.2) is 70.8 Å². The number of piperidine rings is 1. The van der Waals surface area contributed by atoms with Crippen molar-refractivity contribution in [3.8, 4) is 0 Å². The van der Waals surface area contributed by atoms with E-state index in [1.807, 2.05) is 20.8 Å². The maximum atomic E-state index is 13.9. The number of fused-ring (bicyclic) bond motifs is 1. The van der Waals surface area contributed by atoms with E-state index in [0.717, 1.165) is 0 Å². The highest BCUT2D eigenvalue weighted by molar-refractivity contribution is 6.40. The summed E-state index contributed by atoms with van der Waals surface area (Å²) in [5.41, 5.74) is -2.78. The van der Waals surface area contributed by atoms with E-state index < -0.39 is 52.3 Å². The fraction of sp³-hybridized carbons (Fsp3) is 0.741. The lowest BCUT2D eigenvalue weighted by molar-refractivity contribution is -0.145. The third kappa shape index (κ3) is 5.83. The van der Waals surface area contributed by atoms with Gasteiger partial charge in [-0.3, -0.25) is 19.2 Å². The van der Waals surface area contributed by atoms with Crippen molar-refractivity contribution >= 4 is 29.6 Å². The Kier molecular flexibility index (Phi) is 7.31. The van der Waals surface area contributed by atoms with Crippen molar-refractivity contribution in [2.75, 3.05) is 13.1 Å². The molecule has 1 saturated heterocycles. The van der Waals surface area contributed by atoms with Gasteiger partial charge in [-0.2, -0.15) is 0 Å². The number of nitrogens with zero attached hydrogens (tertiary/aromatic N) is 1. The first-order valence-corrected chi connectivity index (χ1v) is 12.9. The summed E-state index contributed by atoms with van der Waals surface area (Å²) >= 11 is 0. The van der Waals surface area contributed by atoms with Gasteiger partial charge in [-0.15, -0.1) is 6.58 Å². The molecular formula is C27H42N4O6. The zero-order chi connectivity index (χ0) is 28.1. The first-order valence-electron chi connectivity index (χ1n) is 12.9. The number of hydrogen-bond acceptors (Lipinski definition) is 6. The van der Waals surface area contributed by atoms with Crippen LogP contribution in [0, 0.1) is 22.7 Å². The van der Waals surface area contributed by atoms with Crippen LogP contribution in [0.15, 0.2) is 12.7 Å². The molecule has 3 rings (SSSR count). The molecule has 1 aliphatic heterocycles. The van der Waals surface area contributed by atoms with Crippen molar-refractivity contribution in [1.82, 2.24) is 20.9 Å². The monoisotopic (exact) mass is 518 g/mol. The standard InChI is InChI=1S/C27H42N4O6/c1-10-13-28-21(34)19(32)27(11-12-27)30-20(33)17-16-15(26(16,8)9)14-31(17)22(35)18(24(2,3)4)29-23(36)37-25(5,6)7/h10,15-18H,1,11-14H2,2-9H3,(H,28,34)(H,29,36)(H,30,33)/t15-,16?,17-,18+/m0/s1. The Morgan fingerprint density at radius 1 is 1.08 bits per heavy atom. The highest BCUT2D eigenvalue weighted by atomic mass is 16.6. The maximum absolute atomic E-state index is 13.9. The van der Waals surface area contributed by atoms with Crippen molar-refractivity contribution < 1.29 is 28.7 Å². The Hall–Kier alpha value is -2.91. The van der Waals surface area contributed by atoms with E-state index in [1.54, 1.807) is 20.8 Å². The Balaban J connectivity index is 1.81. The predicted molar refractivity (Wildman–Crippen MR) is 137 cm³/mol. The molecule has 0 aromatic carbocycles. The molecule has 0 radical (unpaired) electrons. The van der Waals surface area contributed by atoms with E-state index >= 15 is 0 Å². The third-order valence-electron chi connectivity index (χ3n) is 7.69. The second kappa shape index (κ2) is 9.44. The van der Waals surface area contributed by atoms with Crippen molar-refractivity contribution in [2.24, 2.45) is 22.7 Å². The van der Waals surface area contributed by atoms with Gasteiger partial charge in [-0.25, -0.2) is 4.79 Å². The topological polar surface area (TPSA) is 134 Å². The molecule has 206 valence electrons. The number of alkyl carbamates (subject to hydrolysis) is 1. The number of ether oxygens (including phenoxy) is 1. The van der Waals surface area contributed by atoms with Gasteiger partial charge in [0.1, 0.15) is 23.2 Å². The molecule has 0 bridgehead atoms. The number of amides is 4. The van der Waals surface area contributed by atoms with E-state index in [1.165, 1.54) is 11.0 Å². The number of ketones is 1. The summed E-state index contributed by atoms with van der Waals surface area (Å²) in [7, 11) is 0. The minimum Gasteiger partial charge on any atom is -0.444 e. The molecule has 1 unspecified atom stereocenters. The van der Waals surface area contributed by atoms with E-state index in [-0.39, 0.29) is 29.7 Å². The van der Waals surface area contributed by atoms with Gasteiger partial charge >= 0.3 is 6.09 Å². The third-order valence-corrected chi connectivity index (χ3v) is 7.69. The average molecular weight is 519 g/mol. The molecule has 0 spiro atoms. The number of carbonyl (C=O) groups excluding carboxylic acids is 5. The van der Waals surface area contributed by atoms with Gasteiger partial charge in [0.2, 0.25) is 17.6 Å². The average Bonchev–Trinajstić information content (AvgIpc) is 3.56. The van der Waals surface area contributed by atoms with Gasteiger partial charge in [0.05, 0.1) is 0 Å². The summed E-state index contributed by atoms with van der Waals surface area (Å²) in [6.07, 6.45) is 1.49. The molecule has 4 amide bonds. The van der Waals surface area contributed by atoms with Gasteiger partial charge < -0.3 is 25.6 Å². The number of Topliss-reactive ketones (excluding diaryl/α,β-unsaturated/α-hetero) is 1. The zero-order valence-corrected chi connectivity index (χ0v) is 23.3. The van der Waals surface area contributed by atoms with Crippen LogP contribution in [0.4, 0.5) is 4.79 Å². The molecule has 10 nitrogen and oxygen atoms in total. The van der Waals surface area contributed by atoms with Crippen molar-refractivity contribution in [3.63, 3.8) is 0 Å². The van der Waals surface area contributed by atoms with Crippen LogP contribution in [0.25, 0.3) is 0 Å². The number of nitrogens with one attached hydrogen (secondary N) is 3. The van der Waals surface area contributed by atoms with Gasteiger partial charge in [-0.1, -0.05) is 40.7 Å². The van der Waals surface area contributed by atoms with Crippen molar-refractivity contribution in [3.05, 3.63) is 12.7 Å². The lowest BCUT2D eigenvalue weighted by Gasteiger charge is -2.38. The van der Waals surface area contributed by atoms with E-state index in [2.05, 4.69) is 36.4 Å². The molecule has 1 heterocycles. The molecule has 3 aliphatic rings. The summed E-state index contributed by atoms with van der Waals surface area (Å²) in [5, 5.41) is 8.00. The molecule has 3 fully saturated rings. The highest BCUT2D eigenvalue weighted by Gasteiger charge is 2.70. The molecule has 0 aromatic rings. The highest BCUT2D eigenvalue weighted by Crippen LogP contribution is 2.65. The Morgan fingerprint density at radius 3 is 2.16 bits per heavy atom. The Morgan fingerprint density at radius 2 is 1.68 bits per heavy atom. The Labute approximate surface area is 219 Å². The number of likely N-dealkylation sites (tertiary alicyclic amines) is 1. The molecule has 0 aromatic heterocycles. The fourth-order valence-electron chi connectivity index (χ4n) is 5.36. The van der Waals surface area contributed by atoms with Crippen LogP contribution < -0.4 is 16.0 Å². The number of rotatable bonds is 8. The van der Waals surface area contributed by atoms with E-state index in [4.69, 9.17) is 4.74 Å². The van der Waals surface area contributed by atoms with Crippen LogP contribution in [-0.2, 0) is 23.9 Å². The normalized spacial score (nSPS) is 25.7. The summed E-state index contributed by atoms with van der Waals surface area (Å²) in [4.78, 5) is 66.7. The van der Waals surface area contributed by atoms with Crippen LogP contribution in [0.1, 0.15) is 68.2 Å². The maximum Gasteiger partial charge on any atom is 0.408 e. The van der Waals surface area contributed by atoms with Crippen molar-refractivity contribution in [1.29, 1.82) is 0 Å². The second-order valence-corrected chi connectivity index (χ2v) is 13.2. The molecule has 4 atom stereocenters. The summed E-state index contributed by atoms with van der Waals surface area (Å²) in [6.45, 7) is 18.9. The summed E-state index contributed by atoms with van der Waals surface area (Å²) in [6, 6.07) is -1.74. The number of hydrogen-bond donors (Lipinski definition) is 3. The summed E-state index contributed by atoms with van der Waals surface area (Å²) in [5.74, 6) is -2.24. The minimum atomic E-state index is -1.24. The second-order valence-electron chi connectivity index (χ2n) is 13.2. The van der Waals surface area contributed by atoms with Crippen LogP contribution in [0.2, 0.25) is 0 Å². The SMILES string of the molecule is C=CCNC(=O)C(=O)C1(NC(=O)[C@@H]2C3[C@H](CN2C(=O)[C@@H](NC(=O)OC(C)(C)C)C(C)(C)C)C3(C)C)CC1. The number of carbonyl (C=O) groups is 5. The predicted octanol–water partition coefficient (Wildman–Crippen LogP) is 1.93. The molecule has 37 heavy (non-hydrogen) atoms. The first kappa shape index (κ1) is 28.7. The van der Waals surface area contributed by atoms with Gasteiger partial charge in [0.15, 0.2) is 0 Å². The molecule has 2 saturated carbocycles. The minimum absolute atomic E-state index is 0.0842. The lowest BCUT2D eigenvalue weighted by atomic mass is 9.85. The molecule has 10 heteroatoms. The molecule has 2 aliphatic carbocycles. The smallest absolute Gasteiger partial charge is 0.408 e. The molecule has 3 N–H and O–H groups in total.